The van der Waals surface area contributed by atoms with Crippen molar-refractivity contribution < 1.29 is 32.3 Å². The van der Waals surface area contributed by atoms with Gasteiger partial charge in [-0.1, -0.05) is 6.42 Å². The quantitative estimate of drug-likeness (QED) is 0.472. The molecule has 2 fully saturated rings. The van der Waals surface area contributed by atoms with Gasteiger partial charge in [-0.2, -0.15) is 0 Å². The van der Waals surface area contributed by atoms with Crippen molar-refractivity contribution in [3.8, 4) is 16.2 Å². The zero-order valence-corrected chi connectivity index (χ0v) is 21.9. The molecule has 2 aliphatic rings. The number of carbonyl (C=O) groups is 2. The number of carbonyl (C=O) groups excluding carboxylic acids is 2. The number of rotatable bonds is 9. The Morgan fingerprint density at radius 3 is 2.58 bits per heavy atom. The van der Waals surface area contributed by atoms with E-state index in [0.29, 0.717) is 36.5 Å². The van der Waals surface area contributed by atoms with E-state index < -0.39 is 26.8 Å². The molecule has 0 bridgehead atoms. The second kappa shape index (κ2) is 11.7. The van der Waals surface area contributed by atoms with Crippen LogP contribution in [0.15, 0.2) is 36.4 Å². The average molecular weight is 537 g/mol. The molecule has 4 rings (SSSR count). The number of hydroxylamine groups is 1. The first kappa shape index (κ1) is 26.6. The summed E-state index contributed by atoms with van der Waals surface area (Å²) in [6.07, 6.45) is 3.60. The van der Waals surface area contributed by atoms with E-state index in [-0.39, 0.29) is 24.7 Å². The third-order valence-corrected chi connectivity index (χ3v) is 10.6. The number of nitrogens with one attached hydrogen (secondary N) is 2. The predicted octanol–water partition coefficient (Wildman–Crippen LogP) is 3.30. The van der Waals surface area contributed by atoms with Gasteiger partial charge < -0.3 is 14.8 Å². The molecule has 2 aromatic rings. The Morgan fingerprint density at radius 1 is 1.08 bits per heavy atom. The highest BCUT2D eigenvalue weighted by atomic mass is 32.2. The fourth-order valence-corrected chi connectivity index (χ4v) is 8.31. The summed E-state index contributed by atoms with van der Waals surface area (Å²) in [5, 5.41) is 2.50. The Labute approximate surface area is 215 Å². The van der Waals surface area contributed by atoms with Crippen LogP contribution < -0.4 is 15.5 Å². The van der Waals surface area contributed by atoms with Crippen LogP contribution in [0.4, 0.5) is 0 Å². The maximum absolute atomic E-state index is 13.4. The zero-order valence-electron chi connectivity index (χ0n) is 20.3. The van der Waals surface area contributed by atoms with Gasteiger partial charge in [0.15, 0.2) is 22.7 Å². The van der Waals surface area contributed by atoms with Crippen LogP contribution in [-0.4, -0.2) is 52.5 Å². The van der Waals surface area contributed by atoms with E-state index in [1.165, 1.54) is 11.3 Å². The summed E-state index contributed by atoms with van der Waals surface area (Å²) in [5.41, 5.74) is 3.33. The van der Waals surface area contributed by atoms with Crippen LogP contribution in [0.5, 0.6) is 5.75 Å². The minimum Gasteiger partial charge on any atom is -0.484 e. The summed E-state index contributed by atoms with van der Waals surface area (Å²) in [6, 6.07) is 11.0. The zero-order chi connectivity index (χ0) is 25.6. The van der Waals surface area contributed by atoms with E-state index >= 15 is 0 Å². The highest BCUT2D eigenvalue weighted by molar-refractivity contribution is 7.92. The lowest BCUT2D eigenvalue weighted by atomic mass is 9.94. The Bertz CT molecular complexity index is 1160. The molecule has 2 aliphatic heterocycles. The normalized spacial score (nSPS) is 23.5. The van der Waals surface area contributed by atoms with Gasteiger partial charge in [0.25, 0.3) is 5.91 Å². The number of sulfone groups is 1. The SMILES string of the molecule is CNC(=O)COc1ccc(-c2ccc([C@@]3(CC(=O)NOC4CCCCO4)CCCCS3(=O)=O)s2)cc1. The molecule has 0 spiro atoms. The third kappa shape index (κ3) is 6.08. The van der Waals surface area contributed by atoms with E-state index in [0.717, 1.165) is 29.7 Å². The van der Waals surface area contributed by atoms with Gasteiger partial charge >= 0.3 is 0 Å². The Hall–Kier alpha value is -2.47. The van der Waals surface area contributed by atoms with Crippen molar-refractivity contribution in [3.05, 3.63) is 41.3 Å². The monoisotopic (exact) mass is 536 g/mol. The van der Waals surface area contributed by atoms with Crippen LogP contribution in [-0.2, 0) is 33.7 Å². The van der Waals surface area contributed by atoms with Gasteiger partial charge in [-0.05, 0) is 67.6 Å². The summed E-state index contributed by atoms with van der Waals surface area (Å²) in [4.78, 5) is 31.2. The van der Waals surface area contributed by atoms with E-state index in [1.807, 2.05) is 24.3 Å². The number of amides is 2. The van der Waals surface area contributed by atoms with Gasteiger partial charge in [0.2, 0.25) is 5.91 Å². The van der Waals surface area contributed by atoms with Crippen LogP contribution in [0.1, 0.15) is 49.8 Å². The van der Waals surface area contributed by atoms with Crippen LogP contribution in [0.25, 0.3) is 10.4 Å². The molecule has 2 atom stereocenters. The lowest BCUT2D eigenvalue weighted by Crippen LogP contribution is -2.45. The predicted molar refractivity (Wildman–Crippen MR) is 136 cm³/mol. The number of hydrogen-bond donors (Lipinski definition) is 2. The topological polar surface area (TPSA) is 120 Å². The Kier molecular flexibility index (Phi) is 8.66. The van der Waals surface area contributed by atoms with E-state index in [2.05, 4.69) is 10.8 Å². The third-order valence-electron chi connectivity index (χ3n) is 6.57. The maximum atomic E-state index is 13.4. The first-order valence-corrected chi connectivity index (χ1v) is 14.6. The Balaban J connectivity index is 1.51. The number of ether oxygens (including phenoxy) is 2. The van der Waals surface area contributed by atoms with Gasteiger partial charge in [0.1, 0.15) is 10.5 Å². The second-order valence-electron chi connectivity index (χ2n) is 9.04. The van der Waals surface area contributed by atoms with E-state index in [4.69, 9.17) is 14.3 Å². The standard InChI is InChI=1S/C25H32N2O7S2/c1-26-23(29)17-33-19-9-7-18(8-10-19)20-11-12-21(35-20)25(13-3-5-15-36(25,30)31)16-22(28)27-34-24-6-2-4-14-32-24/h7-12,24H,2-6,13-17H2,1H3,(H,26,29)(H,27,28)/t24?,25-/m0/s1. The largest absolute Gasteiger partial charge is 0.484 e. The van der Waals surface area contributed by atoms with Crippen LogP contribution in [0.3, 0.4) is 0 Å². The lowest BCUT2D eigenvalue weighted by molar-refractivity contribution is -0.200. The molecule has 1 aromatic carbocycles. The molecule has 11 heteroatoms. The van der Waals surface area contributed by atoms with Crippen molar-refractivity contribution >= 4 is 33.0 Å². The molecular weight excluding hydrogens is 504 g/mol. The van der Waals surface area contributed by atoms with Crippen molar-refractivity contribution in [2.24, 2.45) is 0 Å². The summed E-state index contributed by atoms with van der Waals surface area (Å²) in [5.74, 6) is -0.0785. The number of likely N-dealkylation sites (N-methyl/N-ethyl adjacent to an activating group) is 1. The fourth-order valence-electron chi connectivity index (χ4n) is 4.52. The van der Waals surface area contributed by atoms with Crippen LogP contribution >= 0.6 is 11.3 Å². The molecule has 2 saturated heterocycles. The molecule has 1 aromatic heterocycles. The number of benzene rings is 1. The van der Waals surface area contributed by atoms with Gasteiger partial charge in [-0.15, -0.1) is 11.3 Å². The van der Waals surface area contributed by atoms with Crippen LogP contribution in [0.2, 0.25) is 0 Å². The molecule has 1 unspecified atom stereocenters. The summed E-state index contributed by atoms with van der Waals surface area (Å²) in [7, 11) is -2.02. The van der Waals surface area contributed by atoms with E-state index in [1.54, 1.807) is 19.2 Å². The minimum atomic E-state index is -3.57. The van der Waals surface area contributed by atoms with Gasteiger partial charge in [-0.3, -0.25) is 9.59 Å². The van der Waals surface area contributed by atoms with Crippen molar-refractivity contribution in [3.63, 3.8) is 0 Å². The van der Waals surface area contributed by atoms with Gasteiger partial charge in [0, 0.05) is 29.8 Å². The smallest absolute Gasteiger partial charge is 0.257 e. The van der Waals surface area contributed by atoms with Gasteiger partial charge in [0.05, 0.1) is 12.2 Å². The summed E-state index contributed by atoms with van der Waals surface area (Å²) < 4.78 is 36.4. The second-order valence-corrected chi connectivity index (χ2v) is 12.5. The highest BCUT2D eigenvalue weighted by Gasteiger charge is 2.49. The molecule has 9 nitrogen and oxygen atoms in total. The molecule has 0 radical (unpaired) electrons. The molecule has 0 saturated carbocycles. The summed E-state index contributed by atoms with van der Waals surface area (Å²) >= 11 is 1.38. The first-order valence-electron chi connectivity index (χ1n) is 12.2. The average Bonchev–Trinajstić information content (AvgIpc) is 3.39. The highest BCUT2D eigenvalue weighted by Crippen LogP contribution is 2.47. The van der Waals surface area contributed by atoms with Crippen molar-refractivity contribution in [2.45, 2.75) is 56.0 Å². The number of thiophene rings is 1. The maximum Gasteiger partial charge on any atom is 0.257 e. The molecule has 36 heavy (non-hydrogen) atoms. The molecule has 2 N–H and O–H groups in total. The van der Waals surface area contributed by atoms with Crippen molar-refractivity contribution in [2.75, 3.05) is 26.0 Å². The molecule has 0 aliphatic carbocycles. The first-order chi connectivity index (χ1) is 17.3. The van der Waals surface area contributed by atoms with Crippen molar-refractivity contribution in [1.29, 1.82) is 0 Å². The van der Waals surface area contributed by atoms with E-state index in [9.17, 15) is 18.0 Å². The molecular formula is C25H32N2O7S2. The molecule has 3 heterocycles. The minimum absolute atomic E-state index is 0.0531. The van der Waals surface area contributed by atoms with Crippen LogP contribution in [0, 0.1) is 0 Å². The lowest BCUT2D eigenvalue weighted by Gasteiger charge is -2.35. The van der Waals surface area contributed by atoms with Gasteiger partial charge in [-0.25, -0.2) is 18.7 Å². The molecule has 2 amide bonds. The summed E-state index contributed by atoms with van der Waals surface area (Å²) in [6.45, 7) is 0.510. The van der Waals surface area contributed by atoms with Crippen molar-refractivity contribution in [1.82, 2.24) is 10.8 Å². The molecule has 196 valence electrons. The fraction of sp³-hybridized carbons (Fsp3) is 0.520. The number of hydrogen-bond acceptors (Lipinski definition) is 8. The Morgan fingerprint density at radius 2 is 1.89 bits per heavy atom.